The van der Waals surface area contributed by atoms with E-state index in [1.165, 1.54) is 18.8 Å². The molecule has 258 valence electrons. The average Bonchev–Trinajstić information content (AvgIpc) is 3.53. The zero-order chi connectivity index (χ0) is 34.7. The molecule has 12 heteroatoms. The molecule has 1 aliphatic heterocycles. The Hall–Kier alpha value is -5.33. The zero-order valence-corrected chi connectivity index (χ0v) is 28.4. The third-order valence-electron chi connectivity index (χ3n) is 7.17. The van der Waals surface area contributed by atoms with Crippen LogP contribution in [0, 0.1) is 0 Å². The Kier molecular flexibility index (Phi) is 15.0. The lowest BCUT2D eigenvalue weighted by atomic mass is 10.2. The molecule has 0 bridgehead atoms. The second-order valence-corrected chi connectivity index (χ2v) is 11.2. The van der Waals surface area contributed by atoms with Gasteiger partial charge in [-0.05, 0) is 55.8 Å². The second kappa shape index (κ2) is 20.1. The third-order valence-corrected chi connectivity index (χ3v) is 7.17. The van der Waals surface area contributed by atoms with Crippen molar-refractivity contribution in [2.75, 3.05) is 50.0 Å². The number of nitrogens with one attached hydrogen (secondary N) is 4. The first-order valence-electron chi connectivity index (χ1n) is 16.6. The lowest BCUT2D eigenvalue weighted by Crippen LogP contribution is -2.37. The van der Waals surface area contributed by atoms with Crippen molar-refractivity contribution in [2.24, 2.45) is 0 Å². The molecule has 4 N–H and O–H groups in total. The number of pyridine rings is 1. The topological polar surface area (TPSA) is 146 Å². The molecule has 1 aliphatic rings. The summed E-state index contributed by atoms with van der Waals surface area (Å²) in [5, 5.41) is 10.5. The first-order valence-corrected chi connectivity index (χ1v) is 16.6. The fourth-order valence-electron chi connectivity index (χ4n) is 4.87. The summed E-state index contributed by atoms with van der Waals surface area (Å²) in [5.41, 5.74) is 3.60. The van der Waals surface area contributed by atoms with Crippen LogP contribution >= 0.6 is 0 Å². The van der Waals surface area contributed by atoms with Crippen molar-refractivity contribution in [3.05, 3.63) is 90.9 Å². The van der Waals surface area contributed by atoms with Gasteiger partial charge in [-0.3, -0.25) is 14.5 Å². The van der Waals surface area contributed by atoms with E-state index in [1.54, 1.807) is 25.3 Å². The van der Waals surface area contributed by atoms with E-state index in [1.807, 2.05) is 54.6 Å². The Morgan fingerprint density at radius 3 is 2.59 bits per heavy atom. The molecule has 0 radical (unpaired) electrons. The van der Waals surface area contributed by atoms with E-state index in [0.717, 1.165) is 79.8 Å². The molecule has 3 aromatic heterocycles. The Morgan fingerprint density at radius 2 is 1.84 bits per heavy atom. The first-order chi connectivity index (χ1) is 24.0. The number of hydrogen-bond acceptors (Lipinski definition) is 9. The molecule has 0 spiro atoms. The van der Waals surface area contributed by atoms with Crippen LogP contribution in [0.5, 0.6) is 5.88 Å². The predicted octanol–water partition coefficient (Wildman–Crippen LogP) is 6.21. The van der Waals surface area contributed by atoms with Crippen molar-refractivity contribution >= 4 is 51.4 Å². The van der Waals surface area contributed by atoms with E-state index >= 15 is 0 Å². The number of ether oxygens (including phenoxy) is 2. The normalized spacial score (nSPS) is 12.8. The fraction of sp³-hybridized carbons (Fsp3) is 0.324. The van der Waals surface area contributed by atoms with Gasteiger partial charge in [0.25, 0.3) is 0 Å². The third kappa shape index (κ3) is 12.0. The number of fused-ring (bicyclic) bond motifs is 2. The molecule has 0 saturated carbocycles. The molecule has 1 saturated heterocycles. The minimum Gasteiger partial charge on any atom is -0.474 e. The van der Waals surface area contributed by atoms with Gasteiger partial charge < -0.3 is 30.4 Å². The van der Waals surface area contributed by atoms with Crippen LogP contribution in [0.2, 0.25) is 0 Å². The summed E-state index contributed by atoms with van der Waals surface area (Å²) in [5.74, 6) is 1.50. The molecule has 4 heterocycles. The summed E-state index contributed by atoms with van der Waals surface area (Å²) in [6.07, 6.45) is 9.23. The van der Waals surface area contributed by atoms with E-state index in [9.17, 15) is 9.59 Å². The SMILES string of the molecule is C/C=C/C(=O)Nc1cc2c(Nc3ccc4[nH]c(OCc5ccccc5)cc4c3)ncnc2cn1.CCC.O=CNCCCN1CCOCC1. The minimum atomic E-state index is -0.246. The summed E-state index contributed by atoms with van der Waals surface area (Å²) in [7, 11) is 0. The second-order valence-electron chi connectivity index (χ2n) is 11.2. The van der Waals surface area contributed by atoms with Gasteiger partial charge in [0.2, 0.25) is 12.3 Å². The number of carbonyl (C=O) groups excluding carboxylic acids is 2. The van der Waals surface area contributed by atoms with Crippen LogP contribution in [0.3, 0.4) is 0 Å². The molecule has 12 nitrogen and oxygen atoms in total. The number of hydrogen-bond donors (Lipinski definition) is 4. The number of H-pyrrole nitrogens is 1. The van der Waals surface area contributed by atoms with Gasteiger partial charge in [0.15, 0.2) is 5.88 Å². The molecule has 0 unspecified atom stereocenters. The first kappa shape index (κ1) is 36.5. The molecule has 0 aliphatic carbocycles. The molecular weight excluding hydrogens is 620 g/mol. The number of anilines is 3. The fourth-order valence-corrected chi connectivity index (χ4v) is 4.87. The van der Waals surface area contributed by atoms with E-state index in [-0.39, 0.29) is 5.91 Å². The lowest BCUT2D eigenvalue weighted by molar-refractivity contribution is -0.112. The van der Waals surface area contributed by atoms with Gasteiger partial charge in [-0.2, -0.15) is 0 Å². The number of rotatable bonds is 12. The van der Waals surface area contributed by atoms with Gasteiger partial charge in [0, 0.05) is 47.7 Å². The zero-order valence-electron chi connectivity index (χ0n) is 28.4. The maximum Gasteiger partial charge on any atom is 0.249 e. The van der Waals surface area contributed by atoms with Crippen LogP contribution in [-0.4, -0.2) is 76.5 Å². The van der Waals surface area contributed by atoms with Crippen LogP contribution in [0.25, 0.3) is 21.8 Å². The van der Waals surface area contributed by atoms with Gasteiger partial charge in [0.05, 0.1) is 24.9 Å². The number of amides is 2. The number of aromatic amines is 1. The van der Waals surface area contributed by atoms with Crippen molar-refractivity contribution in [2.45, 2.75) is 40.2 Å². The number of allylic oxidation sites excluding steroid dienone is 1. The summed E-state index contributed by atoms with van der Waals surface area (Å²) >= 11 is 0. The highest BCUT2D eigenvalue weighted by molar-refractivity contribution is 6.00. The number of nitrogens with zero attached hydrogens (tertiary/aromatic N) is 4. The van der Waals surface area contributed by atoms with Crippen LogP contribution in [0.15, 0.2) is 85.3 Å². The Bertz CT molecular complexity index is 1770. The number of morpholine rings is 1. The molecule has 5 aromatic rings. The summed E-state index contributed by atoms with van der Waals surface area (Å²) < 4.78 is 11.1. The molecule has 6 rings (SSSR count). The maximum absolute atomic E-state index is 11.9. The largest absolute Gasteiger partial charge is 0.474 e. The van der Waals surface area contributed by atoms with E-state index in [2.05, 4.69) is 54.6 Å². The van der Waals surface area contributed by atoms with Gasteiger partial charge in [-0.1, -0.05) is 56.7 Å². The van der Waals surface area contributed by atoms with Crippen molar-refractivity contribution in [1.29, 1.82) is 0 Å². The van der Waals surface area contributed by atoms with Crippen molar-refractivity contribution in [3.63, 3.8) is 0 Å². The van der Waals surface area contributed by atoms with Crippen molar-refractivity contribution < 1.29 is 19.1 Å². The highest BCUT2D eigenvalue weighted by atomic mass is 16.5. The van der Waals surface area contributed by atoms with Gasteiger partial charge in [-0.25, -0.2) is 15.0 Å². The lowest BCUT2D eigenvalue weighted by Gasteiger charge is -2.26. The predicted molar refractivity (Wildman–Crippen MR) is 195 cm³/mol. The van der Waals surface area contributed by atoms with Crippen LogP contribution in [0.1, 0.15) is 39.2 Å². The van der Waals surface area contributed by atoms with Crippen LogP contribution in [-0.2, 0) is 20.9 Å². The average molecular weight is 667 g/mol. The number of benzene rings is 2. The van der Waals surface area contributed by atoms with Crippen LogP contribution in [0.4, 0.5) is 17.3 Å². The molecule has 1 fully saturated rings. The summed E-state index contributed by atoms with van der Waals surface area (Å²) in [4.78, 5) is 40.4. The highest BCUT2D eigenvalue weighted by Crippen LogP contribution is 2.28. The summed E-state index contributed by atoms with van der Waals surface area (Å²) in [6, 6.07) is 19.7. The molecular formula is C37H46N8O4. The molecule has 2 amide bonds. The Labute approximate surface area is 287 Å². The standard InChI is InChI=1S/C26H22N6O2.C8H16N2O2.C3H8/c1-2-6-24(33)32-23-13-20-22(14-27-23)28-16-29-26(20)30-19-9-10-21-18(11-19)12-25(31-21)34-15-17-7-4-3-5-8-17;11-8-9-2-1-3-10-4-6-12-7-5-10;1-3-2/h2-14,16,31H,15H2,1H3,(H,27,32,33)(H,28,29,30);8H,1-7H2,(H,9,11);3H2,1-2H3/b6-2+;;. The van der Waals surface area contributed by atoms with E-state index in [0.29, 0.717) is 29.6 Å². The molecule has 2 aromatic carbocycles. The monoisotopic (exact) mass is 666 g/mol. The van der Waals surface area contributed by atoms with Crippen molar-refractivity contribution in [1.82, 2.24) is 30.2 Å². The van der Waals surface area contributed by atoms with E-state index in [4.69, 9.17) is 9.47 Å². The number of carbonyl (C=O) groups is 2. The van der Waals surface area contributed by atoms with Gasteiger partial charge >= 0.3 is 0 Å². The van der Waals surface area contributed by atoms with Gasteiger partial charge in [-0.15, -0.1) is 0 Å². The Morgan fingerprint density at radius 1 is 1.04 bits per heavy atom. The van der Waals surface area contributed by atoms with E-state index < -0.39 is 0 Å². The minimum absolute atomic E-state index is 0.246. The maximum atomic E-state index is 11.9. The highest BCUT2D eigenvalue weighted by Gasteiger charge is 2.10. The summed E-state index contributed by atoms with van der Waals surface area (Å²) in [6.45, 7) is 12.1. The molecule has 0 atom stereocenters. The quantitative estimate of drug-likeness (QED) is 0.0693. The number of aromatic nitrogens is 4. The molecule has 49 heavy (non-hydrogen) atoms. The van der Waals surface area contributed by atoms with Crippen molar-refractivity contribution in [3.8, 4) is 5.88 Å². The van der Waals surface area contributed by atoms with Gasteiger partial charge in [0.1, 0.15) is 24.6 Å². The smallest absolute Gasteiger partial charge is 0.249 e. The van der Waals surface area contributed by atoms with Crippen LogP contribution < -0.4 is 20.7 Å². The Balaban J connectivity index is 0.000000302.